The van der Waals surface area contributed by atoms with E-state index in [0.29, 0.717) is 11.0 Å². The maximum Gasteiger partial charge on any atom is 0.139 e. The summed E-state index contributed by atoms with van der Waals surface area (Å²) in [5, 5.41) is 25.3. The molecule has 0 aliphatic rings. The number of hydrogen-bond acceptors (Lipinski definition) is 4. The van der Waals surface area contributed by atoms with Crippen molar-refractivity contribution in [2.24, 2.45) is 5.73 Å². The minimum atomic E-state index is -0.116. The van der Waals surface area contributed by atoms with Crippen LogP contribution >= 0.6 is 0 Å². The van der Waals surface area contributed by atoms with Crippen LogP contribution in [-0.2, 0) is 0 Å². The second-order valence-electron chi connectivity index (χ2n) is 12.6. The van der Waals surface area contributed by atoms with Crippen molar-refractivity contribution in [3.8, 4) is 0 Å². The maximum absolute atomic E-state index is 10.9. The van der Waals surface area contributed by atoms with Crippen LogP contribution in [-0.4, -0.2) is 60.6 Å². The number of rotatable bonds is 28. The first-order valence-electron chi connectivity index (χ1n) is 17.8. The minimum Gasteiger partial charge on any atom is -0.390 e. The lowest BCUT2D eigenvalue weighted by atomic mass is 9.94. The number of benzene rings is 2. The molecule has 43 heavy (non-hydrogen) atoms. The molecule has 0 radical (unpaired) electrons. The van der Waals surface area contributed by atoms with E-state index < -0.39 is 0 Å². The molecular weight excluding hydrogens is 530 g/mol. The fourth-order valence-corrected chi connectivity index (χ4v) is 6.90. The number of nitrogens with one attached hydrogen (secondary N) is 1. The molecule has 0 saturated heterocycles. The van der Waals surface area contributed by atoms with Crippen molar-refractivity contribution >= 4 is 0 Å². The van der Waals surface area contributed by atoms with E-state index in [9.17, 15) is 10.2 Å². The van der Waals surface area contributed by atoms with Gasteiger partial charge in [-0.25, -0.2) is 0 Å². The first kappa shape index (κ1) is 37.4. The Morgan fingerprint density at radius 2 is 0.953 bits per heavy atom. The molecule has 0 heterocycles. The molecule has 0 aliphatic carbocycles. The van der Waals surface area contributed by atoms with Crippen LogP contribution in [0.5, 0.6) is 0 Å². The van der Waals surface area contributed by atoms with Crippen molar-refractivity contribution < 1.29 is 14.7 Å². The standard InChI is InChI=1S/C38H66N3O2/c1-2-3-4-5-6-7-8-9-10-11-12-13-14-15-16-23-31-41(32-30-40-29-28-39,37(33-42)35-24-19-17-20-25-35)38(34-43)36-26-21-18-22-27-36/h17-22,24-27,37-38,40,42-43H,2-16,23,28-34,39H2,1H3/q+1. The zero-order valence-corrected chi connectivity index (χ0v) is 27.6. The number of hydrogen-bond donors (Lipinski definition) is 4. The van der Waals surface area contributed by atoms with Crippen molar-refractivity contribution in [3.63, 3.8) is 0 Å². The second kappa shape index (κ2) is 24.5. The lowest BCUT2D eigenvalue weighted by Gasteiger charge is -2.50. The summed E-state index contributed by atoms with van der Waals surface area (Å²) < 4.78 is 0.636. The predicted molar refractivity (Wildman–Crippen MR) is 184 cm³/mol. The molecule has 2 atom stereocenters. The van der Waals surface area contributed by atoms with Gasteiger partial charge >= 0.3 is 0 Å². The van der Waals surface area contributed by atoms with Gasteiger partial charge < -0.3 is 25.7 Å². The molecule has 0 aromatic heterocycles. The summed E-state index contributed by atoms with van der Waals surface area (Å²) >= 11 is 0. The Balaban J connectivity index is 1.93. The molecule has 0 bridgehead atoms. The van der Waals surface area contributed by atoms with Gasteiger partial charge in [0.25, 0.3) is 0 Å². The van der Waals surface area contributed by atoms with Gasteiger partial charge in [0.15, 0.2) is 0 Å². The van der Waals surface area contributed by atoms with Crippen molar-refractivity contribution in [1.82, 2.24) is 5.32 Å². The monoisotopic (exact) mass is 597 g/mol. The van der Waals surface area contributed by atoms with Gasteiger partial charge in [-0.2, -0.15) is 0 Å². The van der Waals surface area contributed by atoms with E-state index in [1.54, 1.807) is 0 Å². The van der Waals surface area contributed by atoms with Crippen LogP contribution in [0.25, 0.3) is 0 Å². The average Bonchev–Trinajstić information content (AvgIpc) is 3.04. The summed E-state index contributed by atoms with van der Waals surface area (Å²) in [7, 11) is 0. The summed E-state index contributed by atoms with van der Waals surface area (Å²) in [6.45, 7) is 6.28. The zero-order valence-electron chi connectivity index (χ0n) is 27.6. The van der Waals surface area contributed by atoms with E-state index in [1.165, 1.54) is 96.3 Å². The SMILES string of the molecule is CCCCCCCCCCCCCCCCCC[N+](CCNCCN)(C(CO)c1ccccc1)C(CO)c1ccccc1. The minimum absolute atomic E-state index is 0.0447. The summed E-state index contributed by atoms with van der Waals surface area (Å²) in [5.74, 6) is 0. The number of quaternary nitrogens is 1. The molecular formula is C38H66N3O2+. The molecule has 2 unspecified atom stereocenters. The fraction of sp³-hybridized carbons (Fsp3) is 0.684. The van der Waals surface area contributed by atoms with Gasteiger partial charge in [0.2, 0.25) is 0 Å². The highest BCUT2D eigenvalue weighted by Crippen LogP contribution is 2.40. The molecule has 5 heteroatoms. The molecule has 0 amide bonds. The van der Waals surface area contributed by atoms with E-state index in [0.717, 1.165) is 43.7 Å². The van der Waals surface area contributed by atoms with Crippen LogP contribution in [0.4, 0.5) is 0 Å². The second-order valence-corrected chi connectivity index (χ2v) is 12.6. The highest BCUT2D eigenvalue weighted by Gasteiger charge is 2.44. The Bertz CT molecular complexity index is 832. The van der Waals surface area contributed by atoms with Crippen molar-refractivity contribution in [3.05, 3.63) is 71.8 Å². The smallest absolute Gasteiger partial charge is 0.139 e. The lowest BCUT2D eigenvalue weighted by molar-refractivity contribution is -0.985. The van der Waals surface area contributed by atoms with Crippen LogP contribution in [0.15, 0.2) is 60.7 Å². The largest absolute Gasteiger partial charge is 0.390 e. The molecule has 5 nitrogen and oxygen atoms in total. The molecule has 5 N–H and O–H groups in total. The zero-order chi connectivity index (χ0) is 30.9. The highest BCUT2D eigenvalue weighted by molar-refractivity contribution is 5.20. The third kappa shape index (κ3) is 14.3. The Labute approximate surface area is 264 Å². The van der Waals surface area contributed by atoms with Crippen LogP contribution < -0.4 is 11.1 Å². The van der Waals surface area contributed by atoms with Crippen LogP contribution in [0.1, 0.15) is 133 Å². The number of aliphatic hydroxyl groups is 2. The molecule has 0 spiro atoms. The van der Waals surface area contributed by atoms with Gasteiger partial charge in [-0.15, -0.1) is 0 Å². The number of aliphatic hydroxyl groups excluding tert-OH is 2. The molecule has 0 saturated carbocycles. The third-order valence-corrected chi connectivity index (χ3v) is 9.41. The Kier molecular flexibility index (Phi) is 21.4. The summed E-state index contributed by atoms with van der Waals surface area (Å²) in [5.41, 5.74) is 8.06. The van der Waals surface area contributed by atoms with E-state index in [-0.39, 0.29) is 25.3 Å². The van der Waals surface area contributed by atoms with Crippen LogP contribution in [0.3, 0.4) is 0 Å². The van der Waals surface area contributed by atoms with Gasteiger partial charge in [-0.05, 0) is 12.8 Å². The van der Waals surface area contributed by atoms with Crippen molar-refractivity contribution in [1.29, 1.82) is 0 Å². The first-order valence-corrected chi connectivity index (χ1v) is 17.8. The summed E-state index contributed by atoms with van der Waals surface area (Å²) in [6, 6.07) is 20.6. The normalized spacial score (nSPS) is 14.4. The quantitative estimate of drug-likeness (QED) is 0.0591. The molecule has 0 aliphatic heterocycles. The fourth-order valence-electron chi connectivity index (χ4n) is 6.90. The van der Waals surface area contributed by atoms with E-state index in [1.807, 2.05) is 12.1 Å². The number of nitrogens with two attached hydrogens (primary N) is 1. The average molecular weight is 597 g/mol. The van der Waals surface area contributed by atoms with Crippen molar-refractivity contribution in [2.45, 2.75) is 122 Å². The molecule has 0 fully saturated rings. The summed E-state index contributed by atoms with van der Waals surface area (Å²) in [4.78, 5) is 0. The Morgan fingerprint density at radius 3 is 1.33 bits per heavy atom. The van der Waals surface area contributed by atoms with Crippen LogP contribution in [0, 0.1) is 0 Å². The number of nitrogens with zero attached hydrogens (tertiary/aromatic N) is 1. The topological polar surface area (TPSA) is 78.5 Å². The van der Waals surface area contributed by atoms with Gasteiger partial charge in [0.05, 0.1) is 26.3 Å². The van der Waals surface area contributed by atoms with Gasteiger partial charge in [-0.3, -0.25) is 0 Å². The van der Waals surface area contributed by atoms with E-state index >= 15 is 0 Å². The van der Waals surface area contributed by atoms with E-state index in [4.69, 9.17) is 5.73 Å². The highest BCUT2D eigenvalue weighted by atomic mass is 16.3. The molecule has 244 valence electrons. The summed E-state index contributed by atoms with van der Waals surface area (Å²) in [6.07, 6.45) is 21.6. The maximum atomic E-state index is 10.9. The van der Waals surface area contributed by atoms with Gasteiger partial charge in [0, 0.05) is 30.8 Å². The first-order chi connectivity index (χ1) is 21.2. The molecule has 2 aromatic rings. The Morgan fingerprint density at radius 1 is 0.558 bits per heavy atom. The van der Waals surface area contributed by atoms with Gasteiger partial charge in [0.1, 0.15) is 12.1 Å². The van der Waals surface area contributed by atoms with Gasteiger partial charge in [-0.1, -0.05) is 157 Å². The number of unbranched alkanes of at least 4 members (excludes halogenated alkanes) is 15. The molecule has 2 aromatic carbocycles. The van der Waals surface area contributed by atoms with Crippen LogP contribution in [0.2, 0.25) is 0 Å². The lowest BCUT2D eigenvalue weighted by Crippen LogP contribution is -2.58. The third-order valence-electron chi connectivity index (χ3n) is 9.41. The Hall–Kier alpha value is -1.76. The van der Waals surface area contributed by atoms with E-state index in [2.05, 4.69) is 60.8 Å². The van der Waals surface area contributed by atoms with Crippen molar-refractivity contribution in [2.75, 3.05) is 45.9 Å². The predicted octanol–water partition coefficient (Wildman–Crippen LogP) is 8.08. The molecule has 2 rings (SSSR count).